The quantitative estimate of drug-likeness (QED) is 0.466. The zero-order valence-electron chi connectivity index (χ0n) is 16.2. The molecule has 1 amide bonds. The van der Waals surface area contributed by atoms with E-state index < -0.39 is 6.04 Å². The van der Waals surface area contributed by atoms with Gasteiger partial charge < -0.3 is 9.15 Å². The predicted molar refractivity (Wildman–Crippen MR) is 115 cm³/mol. The second-order valence-corrected chi connectivity index (χ2v) is 7.85. The molecule has 0 bridgehead atoms. The van der Waals surface area contributed by atoms with Crippen LogP contribution < -0.4 is 15.1 Å². The SMILES string of the molecule is CCCOc1ccc([C@@H]2c3c(oc4ccccc4c3=O)C(=O)N2c2nccs2)cc1. The van der Waals surface area contributed by atoms with Gasteiger partial charge in [-0.05, 0) is 36.2 Å². The summed E-state index contributed by atoms with van der Waals surface area (Å²) in [6.45, 7) is 2.68. The predicted octanol–water partition coefficient (Wildman–Crippen LogP) is 4.79. The van der Waals surface area contributed by atoms with Gasteiger partial charge in [-0.25, -0.2) is 4.98 Å². The van der Waals surface area contributed by atoms with Crippen molar-refractivity contribution in [2.45, 2.75) is 19.4 Å². The van der Waals surface area contributed by atoms with Crippen LogP contribution in [-0.4, -0.2) is 17.5 Å². The summed E-state index contributed by atoms with van der Waals surface area (Å²) in [7, 11) is 0. The number of hydrogen-bond acceptors (Lipinski definition) is 6. The van der Waals surface area contributed by atoms with E-state index >= 15 is 0 Å². The Hall–Kier alpha value is -3.45. The molecule has 3 heterocycles. The lowest BCUT2D eigenvalue weighted by Crippen LogP contribution is -2.29. The van der Waals surface area contributed by atoms with E-state index in [-0.39, 0.29) is 17.1 Å². The van der Waals surface area contributed by atoms with Gasteiger partial charge in [0.2, 0.25) is 5.76 Å². The summed E-state index contributed by atoms with van der Waals surface area (Å²) in [6.07, 6.45) is 2.55. The zero-order chi connectivity index (χ0) is 20.7. The fourth-order valence-electron chi connectivity index (χ4n) is 3.73. The Morgan fingerprint density at radius 3 is 2.67 bits per heavy atom. The van der Waals surface area contributed by atoms with Gasteiger partial charge in [-0.15, -0.1) is 11.3 Å². The summed E-state index contributed by atoms with van der Waals surface area (Å²) in [5, 5.41) is 2.78. The van der Waals surface area contributed by atoms with Crippen LogP contribution in [0.1, 0.15) is 41.1 Å². The van der Waals surface area contributed by atoms with Gasteiger partial charge in [0.05, 0.1) is 23.6 Å². The van der Waals surface area contributed by atoms with Crippen molar-refractivity contribution in [3.8, 4) is 5.75 Å². The molecule has 0 fully saturated rings. The van der Waals surface area contributed by atoms with Crippen LogP contribution in [0.4, 0.5) is 5.13 Å². The molecule has 0 saturated carbocycles. The van der Waals surface area contributed by atoms with Crippen LogP contribution in [0.2, 0.25) is 0 Å². The Balaban J connectivity index is 1.70. The number of rotatable bonds is 5. The number of para-hydroxylation sites is 1. The first kappa shape index (κ1) is 18.6. The minimum Gasteiger partial charge on any atom is -0.494 e. The molecule has 4 aromatic rings. The molecule has 0 unspecified atom stereocenters. The highest BCUT2D eigenvalue weighted by Gasteiger charge is 2.44. The van der Waals surface area contributed by atoms with Gasteiger partial charge in [0.1, 0.15) is 11.3 Å². The number of amides is 1. The van der Waals surface area contributed by atoms with E-state index in [9.17, 15) is 9.59 Å². The van der Waals surface area contributed by atoms with E-state index in [0.717, 1.165) is 17.7 Å². The highest BCUT2D eigenvalue weighted by Crippen LogP contribution is 2.42. The summed E-state index contributed by atoms with van der Waals surface area (Å²) in [5.41, 5.74) is 1.34. The van der Waals surface area contributed by atoms with Crippen molar-refractivity contribution >= 4 is 33.3 Å². The summed E-state index contributed by atoms with van der Waals surface area (Å²) in [4.78, 5) is 32.6. The second kappa shape index (κ2) is 7.42. The fourth-order valence-corrected chi connectivity index (χ4v) is 4.40. The number of carbonyl (C=O) groups excluding carboxylic acids is 1. The first-order valence-corrected chi connectivity index (χ1v) is 10.6. The number of fused-ring (bicyclic) bond motifs is 2. The Kier molecular flexibility index (Phi) is 4.59. The number of thiazole rings is 1. The van der Waals surface area contributed by atoms with Crippen molar-refractivity contribution in [3.63, 3.8) is 0 Å². The zero-order valence-corrected chi connectivity index (χ0v) is 17.0. The van der Waals surface area contributed by atoms with E-state index in [4.69, 9.17) is 9.15 Å². The number of hydrogen-bond donors (Lipinski definition) is 0. The number of ether oxygens (including phenoxy) is 1. The van der Waals surface area contributed by atoms with Crippen LogP contribution in [-0.2, 0) is 0 Å². The normalized spacial score (nSPS) is 15.6. The molecule has 0 saturated heterocycles. The van der Waals surface area contributed by atoms with Gasteiger partial charge in [0.15, 0.2) is 10.6 Å². The number of aromatic nitrogens is 1. The van der Waals surface area contributed by atoms with Crippen LogP contribution in [0.25, 0.3) is 11.0 Å². The van der Waals surface area contributed by atoms with Gasteiger partial charge in [0, 0.05) is 11.6 Å². The molecule has 0 aliphatic carbocycles. The number of carbonyl (C=O) groups is 1. The van der Waals surface area contributed by atoms with E-state index in [1.807, 2.05) is 31.2 Å². The Morgan fingerprint density at radius 1 is 1.13 bits per heavy atom. The molecule has 0 radical (unpaired) electrons. The van der Waals surface area contributed by atoms with Crippen LogP contribution in [0.5, 0.6) is 5.75 Å². The van der Waals surface area contributed by atoms with Gasteiger partial charge >= 0.3 is 0 Å². The Labute approximate surface area is 176 Å². The second-order valence-electron chi connectivity index (χ2n) is 6.98. The molecule has 1 aliphatic heterocycles. The Morgan fingerprint density at radius 2 is 1.93 bits per heavy atom. The maximum absolute atomic E-state index is 13.4. The third-order valence-corrected chi connectivity index (χ3v) is 5.84. The molecule has 30 heavy (non-hydrogen) atoms. The summed E-state index contributed by atoms with van der Waals surface area (Å²) in [6, 6.07) is 13.9. The average Bonchev–Trinajstić information content (AvgIpc) is 3.40. The summed E-state index contributed by atoms with van der Waals surface area (Å²) < 4.78 is 11.6. The minimum absolute atomic E-state index is 0.0743. The van der Waals surface area contributed by atoms with E-state index in [1.165, 1.54) is 11.3 Å². The molecule has 150 valence electrons. The highest BCUT2D eigenvalue weighted by molar-refractivity contribution is 7.13. The largest absolute Gasteiger partial charge is 0.494 e. The maximum atomic E-state index is 13.4. The molecule has 0 spiro atoms. The average molecular weight is 418 g/mol. The van der Waals surface area contributed by atoms with Crippen LogP contribution in [0, 0.1) is 0 Å². The minimum atomic E-state index is -0.611. The van der Waals surface area contributed by atoms with Crippen molar-refractivity contribution in [2.75, 3.05) is 11.5 Å². The molecule has 0 N–H and O–H groups in total. The standard InChI is InChI=1S/C23H18N2O4S/c1-2-12-28-15-9-7-14(8-10-15)19-18-20(26)16-5-3-4-6-17(16)29-21(18)22(27)25(19)23-24-11-13-30-23/h3-11,13,19H,2,12H2,1H3/t19-/m1/s1. The Bertz CT molecular complexity index is 1280. The molecule has 2 aromatic heterocycles. The number of anilines is 1. The van der Waals surface area contributed by atoms with E-state index in [0.29, 0.717) is 28.3 Å². The number of benzene rings is 2. The molecule has 2 aromatic carbocycles. The lowest BCUT2D eigenvalue weighted by molar-refractivity contribution is 0.0971. The first-order chi connectivity index (χ1) is 14.7. The molecular formula is C23H18N2O4S. The van der Waals surface area contributed by atoms with Crippen molar-refractivity contribution in [3.05, 3.63) is 87.2 Å². The third kappa shape index (κ3) is 2.90. The van der Waals surface area contributed by atoms with Crippen molar-refractivity contribution in [2.24, 2.45) is 0 Å². The van der Waals surface area contributed by atoms with Gasteiger partial charge in [-0.2, -0.15) is 0 Å². The molecule has 6 nitrogen and oxygen atoms in total. The number of nitrogens with zero attached hydrogens (tertiary/aromatic N) is 2. The van der Waals surface area contributed by atoms with Gasteiger partial charge in [-0.3, -0.25) is 14.5 Å². The van der Waals surface area contributed by atoms with Crippen molar-refractivity contribution in [1.29, 1.82) is 0 Å². The topological polar surface area (TPSA) is 72.6 Å². The van der Waals surface area contributed by atoms with Crippen LogP contribution in [0.15, 0.2) is 69.3 Å². The van der Waals surface area contributed by atoms with Gasteiger partial charge in [0.25, 0.3) is 5.91 Å². The van der Waals surface area contributed by atoms with Crippen LogP contribution in [0.3, 0.4) is 0 Å². The summed E-state index contributed by atoms with van der Waals surface area (Å²) >= 11 is 1.34. The van der Waals surface area contributed by atoms with E-state index in [2.05, 4.69) is 4.98 Å². The highest BCUT2D eigenvalue weighted by atomic mass is 32.1. The monoisotopic (exact) mass is 418 g/mol. The third-order valence-electron chi connectivity index (χ3n) is 5.07. The molecule has 7 heteroatoms. The van der Waals surface area contributed by atoms with Crippen molar-refractivity contribution in [1.82, 2.24) is 4.98 Å². The molecule has 1 atom stereocenters. The lowest BCUT2D eigenvalue weighted by atomic mass is 9.98. The molecular weight excluding hydrogens is 400 g/mol. The first-order valence-electron chi connectivity index (χ1n) is 9.70. The maximum Gasteiger partial charge on any atom is 0.297 e. The molecule has 1 aliphatic rings. The van der Waals surface area contributed by atoms with Crippen molar-refractivity contribution < 1.29 is 13.9 Å². The lowest BCUT2D eigenvalue weighted by Gasteiger charge is -2.22. The summed E-state index contributed by atoms with van der Waals surface area (Å²) in [5.74, 6) is 0.459. The van der Waals surface area contributed by atoms with E-state index in [1.54, 1.807) is 40.7 Å². The van der Waals surface area contributed by atoms with Crippen LogP contribution >= 0.6 is 11.3 Å². The fraction of sp³-hybridized carbons (Fsp3) is 0.174. The smallest absolute Gasteiger partial charge is 0.297 e. The van der Waals surface area contributed by atoms with Gasteiger partial charge in [-0.1, -0.05) is 31.2 Å². The molecule has 5 rings (SSSR count).